The van der Waals surface area contributed by atoms with E-state index >= 15 is 0 Å². The number of hydrogen-bond donors (Lipinski definition) is 0. The van der Waals surface area contributed by atoms with Crippen LogP contribution in [0.2, 0.25) is 5.02 Å². The molecule has 0 saturated carbocycles. The van der Waals surface area contributed by atoms with E-state index in [4.69, 9.17) is 21.6 Å². The molecular weight excluding hydrogens is 436 g/mol. The predicted octanol–water partition coefficient (Wildman–Crippen LogP) is 4.44. The smallest absolute Gasteiger partial charge is 0.253 e. The van der Waals surface area contributed by atoms with Crippen molar-refractivity contribution in [2.24, 2.45) is 0 Å². The quantitative estimate of drug-likeness (QED) is 0.452. The standard InChI is InChI=1S/C25H25ClN6O/c1-17-4-10-21(11-5-17)32-24-22(16-27-32)23(28-18(2)29-24)30-12-3-13-31(15-14-30)25(33)19-6-8-20(26)9-7-19/h4-11,16H,3,12-15H2,1-2H3. The summed E-state index contributed by atoms with van der Waals surface area (Å²) in [6.45, 7) is 6.80. The highest BCUT2D eigenvalue weighted by Crippen LogP contribution is 2.27. The van der Waals surface area contributed by atoms with Crippen LogP contribution in [0.15, 0.2) is 54.7 Å². The van der Waals surface area contributed by atoms with Crippen LogP contribution in [-0.2, 0) is 0 Å². The highest BCUT2D eigenvalue weighted by Gasteiger charge is 2.23. The molecule has 0 bridgehead atoms. The van der Waals surface area contributed by atoms with Crippen LogP contribution in [0.25, 0.3) is 16.7 Å². The van der Waals surface area contributed by atoms with Crippen LogP contribution in [0.1, 0.15) is 28.2 Å². The molecule has 1 aliphatic heterocycles. The summed E-state index contributed by atoms with van der Waals surface area (Å²) in [6, 6.07) is 15.3. The fourth-order valence-corrected chi connectivity index (χ4v) is 4.35. The number of aromatic nitrogens is 4. The van der Waals surface area contributed by atoms with Gasteiger partial charge in [-0.15, -0.1) is 0 Å². The largest absolute Gasteiger partial charge is 0.354 e. The Morgan fingerprint density at radius 2 is 1.67 bits per heavy atom. The minimum atomic E-state index is 0.0322. The Kier molecular flexibility index (Phi) is 5.72. The van der Waals surface area contributed by atoms with E-state index in [-0.39, 0.29) is 5.91 Å². The van der Waals surface area contributed by atoms with Gasteiger partial charge in [0.2, 0.25) is 0 Å². The monoisotopic (exact) mass is 460 g/mol. The number of amides is 1. The fraction of sp³-hybridized carbons (Fsp3) is 0.280. The molecule has 168 valence electrons. The van der Waals surface area contributed by atoms with Gasteiger partial charge in [0.25, 0.3) is 5.91 Å². The lowest BCUT2D eigenvalue weighted by atomic mass is 10.2. The second-order valence-corrected chi connectivity index (χ2v) is 8.80. The number of carbonyl (C=O) groups excluding carboxylic acids is 1. The number of hydrogen-bond acceptors (Lipinski definition) is 5. The number of anilines is 1. The third-order valence-electron chi connectivity index (χ3n) is 5.97. The lowest BCUT2D eigenvalue weighted by Crippen LogP contribution is -2.35. The molecule has 7 nitrogen and oxygen atoms in total. The Labute approximate surface area is 197 Å². The first kappa shape index (κ1) is 21.4. The molecule has 0 aliphatic carbocycles. The van der Waals surface area contributed by atoms with E-state index < -0.39 is 0 Å². The van der Waals surface area contributed by atoms with Gasteiger partial charge in [0.15, 0.2) is 5.65 Å². The van der Waals surface area contributed by atoms with Crippen molar-refractivity contribution >= 4 is 34.4 Å². The average molecular weight is 461 g/mol. The maximum Gasteiger partial charge on any atom is 0.253 e. The van der Waals surface area contributed by atoms with Gasteiger partial charge >= 0.3 is 0 Å². The van der Waals surface area contributed by atoms with Crippen molar-refractivity contribution in [2.75, 3.05) is 31.1 Å². The SMILES string of the molecule is Cc1ccc(-n2ncc3c(N4CCCN(C(=O)c5ccc(Cl)cc5)CC4)nc(C)nc32)cc1. The van der Waals surface area contributed by atoms with Gasteiger partial charge in [-0.2, -0.15) is 5.10 Å². The van der Waals surface area contributed by atoms with Gasteiger partial charge in [0, 0.05) is 36.8 Å². The second kappa shape index (κ2) is 8.83. The summed E-state index contributed by atoms with van der Waals surface area (Å²) >= 11 is 5.97. The van der Waals surface area contributed by atoms with E-state index in [1.54, 1.807) is 24.3 Å². The summed E-state index contributed by atoms with van der Waals surface area (Å²) in [5, 5.41) is 6.16. The molecule has 0 unspecified atom stereocenters. The molecule has 0 atom stereocenters. The molecule has 3 heterocycles. The van der Waals surface area contributed by atoms with Crippen LogP contribution in [0.5, 0.6) is 0 Å². The molecule has 2 aromatic heterocycles. The van der Waals surface area contributed by atoms with E-state index in [1.807, 2.05) is 34.8 Å². The molecule has 1 fully saturated rings. The van der Waals surface area contributed by atoms with Crippen molar-refractivity contribution in [3.05, 3.63) is 76.7 Å². The van der Waals surface area contributed by atoms with Crippen LogP contribution >= 0.6 is 11.6 Å². The van der Waals surface area contributed by atoms with E-state index in [0.717, 1.165) is 35.5 Å². The van der Waals surface area contributed by atoms with Crippen molar-refractivity contribution in [2.45, 2.75) is 20.3 Å². The van der Waals surface area contributed by atoms with Gasteiger partial charge in [-0.25, -0.2) is 14.6 Å². The first-order valence-electron chi connectivity index (χ1n) is 11.1. The van der Waals surface area contributed by atoms with Crippen LogP contribution in [-0.4, -0.2) is 56.7 Å². The molecule has 4 aromatic rings. The Balaban J connectivity index is 1.42. The number of nitrogens with zero attached hydrogens (tertiary/aromatic N) is 6. The summed E-state index contributed by atoms with van der Waals surface area (Å²) in [5.41, 5.74) is 3.62. The summed E-state index contributed by atoms with van der Waals surface area (Å²) in [6.07, 6.45) is 2.70. The van der Waals surface area contributed by atoms with Gasteiger partial charge in [0.05, 0.1) is 17.3 Å². The lowest BCUT2D eigenvalue weighted by molar-refractivity contribution is 0.0767. The normalized spacial score (nSPS) is 14.5. The zero-order valence-electron chi connectivity index (χ0n) is 18.7. The molecule has 1 amide bonds. The highest BCUT2D eigenvalue weighted by molar-refractivity contribution is 6.30. The first-order chi connectivity index (χ1) is 16.0. The molecular formula is C25H25ClN6O. The molecule has 0 N–H and O–H groups in total. The van der Waals surface area contributed by atoms with Crippen molar-refractivity contribution in [1.29, 1.82) is 0 Å². The Bertz CT molecular complexity index is 1300. The minimum absolute atomic E-state index is 0.0322. The molecule has 8 heteroatoms. The predicted molar refractivity (Wildman–Crippen MR) is 130 cm³/mol. The highest BCUT2D eigenvalue weighted by atomic mass is 35.5. The number of benzene rings is 2. The summed E-state index contributed by atoms with van der Waals surface area (Å²) in [4.78, 5) is 26.6. The maximum absolute atomic E-state index is 13.0. The van der Waals surface area contributed by atoms with Gasteiger partial charge < -0.3 is 9.80 Å². The summed E-state index contributed by atoms with van der Waals surface area (Å²) < 4.78 is 1.86. The number of carbonyl (C=O) groups is 1. The number of halogens is 1. The third-order valence-corrected chi connectivity index (χ3v) is 6.22. The van der Waals surface area contributed by atoms with Crippen LogP contribution in [0.4, 0.5) is 5.82 Å². The summed E-state index contributed by atoms with van der Waals surface area (Å²) in [5.74, 6) is 1.60. The van der Waals surface area contributed by atoms with Crippen molar-refractivity contribution < 1.29 is 4.79 Å². The lowest BCUT2D eigenvalue weighted by Gasteiger charge is -2.23. The van der Waals surface area contributed by atoms with E-state index in [9.17, 15) is 4.79 Å². The third kappa shape index (κ3) is 4.28. The average Bonchev–Trinajstić information content (AvgIpc) is 3.07. The maximum atomic E-state index is 13.0. The van der Waals surface area contributed by atoms with Crippen molar-refractivity contribution in [3.63, 3.8) is 0 Å². The van der Waals surface area contributed by atoms with Gasteiger partial charge in [-0.3, -0.25) is 4.79 Å². The summed E-state index contributed by atoms with van der Waals surface area (Å²) in [7, 11) is 0. The molecule has 1 aliphatic rings. The zero-order chi connectivity index (χ0) is 22.9. The topological polar surface area (TPSA) is 67.2 Å². The number of aryl methyl sites for hydroxylation is 2. The molecule has 2 aromatic carbocycles. The Hall–Kier alpha value is -3.45. The second-order valence-electron chi connectivity index (χ2n) is 8.36. The fourth-order valence-electron chi connectivity index (χ4n) is 4.22. The van der Waals surface area contributed by atoms with Gasteiger partial charge in [-0.1, -0.05) is 29.3 Å². The molecule has 33 heavy (non-hydrogen) atoms. The van der Waals surface area contributed by atoms with Crippen LogP contribution in [0.3, 0.4) is 0 Å². The minimum Gasteiger partial charge on any atom is -0.354 e. The van der Waals surface area contributed by atoms with Crippen LogP contribution < -0.4 is 4.90 Å². The van der Waals surface area contributed by atoms with E-state index in [2.05, 4.69) is 29.1 Å². The Morgan fingerprint density at radius 3 is 2.42 bits per heavy atom. The van der Waals surface area contributed by atoms with Crippen molar-refractivity contribution in [3.8, 4) is 5.69 Å². The Morgan fingerprint density at radius 1 is 0.909 bits per heavy atom. The molecule has 0 spiro atoms. The first-order valence-corrected chi connectivity index (χ1v) is 11.5. The van der Waals surface area contributed by atoms with E-state index in [1.165, 1.54) is 5.56 Å². The molecule has 0 radical (unpaired) electrons. The van der Waals surface area contributed by atoms with Crippen molar-refractivity contribution in [1.82, 2.24) is 24.6 Å². The number of fused-ring (bicyclic) bond motifs is 1. The van der Waals surface area contributed by atoms with Crippen LogP contribution in [0, 0.1) is 13.8 Å². The van der Waals surface area contributed by atoms with Gasteiger partial charge in [0.1, 0.15) is 11.6 Å². The zero-order valence-corrected chi connectivity index (χ0v) is 19.5. The molecule has 1 saturated heterocycles. The number of rotatable bonds is 3. The van der Waals surface area contributed by atoms with E-state index in [0.29, 0.717) is 36.0 Å². The molecule has 5 rings (SSSR count). The van der Waals surface area contributed by atoms with Gasteiger partial charge in [-0.05, 0) is 56.7 Å².